The summed E-state index contributed by atoms with van der Waals surface area (Å²) in [5, 5.41) is 15.5. The van der Waals surface area contributed by atoms with E-state index in [0.717, 1.165) is 12.1 Å². The molecule has 0 aromatic heterocycles. The monoisotopic (exact) mass is 694 g/mol. The first-order valence-electron chi connectivity index (χ1n) is 16.6. The molecule has 3 aromatic rings. The number of hydrogen-bond acceptors (Lipinski definition) is 6. The number of carbonyl (C=O) groups is 1. The van der Waals surface area contributed by atoms with Crippen LogP contribution in [0, 0.1) is 40.6 Å². The Morgan fingerprint density at radius 2 is 1.80 bits per heavy atom. The molecule has 2 saturated heterocycles. The van der Waals surface area contributed by atoms with Gasteiger partial charge < -0.3 is 15.4 Å². The minimum Gasteiger partial charge on any atom is -0.381 e. The molecule has 2 fully saturated rings. The van der Waals surface area contributed by atoms with Crippen molar-refractivity contribution in [3.63, 3.8) is 0 Å². The van der Waals surface area contributed by atoms with Crippen molar-refractivity contribution >= 4 is 21.6 Å². The molecule has 4 unspecified atom stereocenters. The van der Waals surface area contributed by atoms with Crippen molar-refractivity contribution in [2.75, 3.05) is 31.6 Å². The van der Waals surface area contributed by atoms with Crippen molar-refractivity contribution < 1.29 is 31.1 Å². The zero-order valence-electron chi connectivity index (χ0n) is 27.3. The Morgan fingerprint density at radius 3 is 2.51 bits per heavy atom. The van der Waals surface area contributed by atoms with Gasteiger partial charge in [-0.3, -0.25) is 4.79 Å². The number of amides is 1. The van der Waals surface area contributed by atoms with Crippen LogP contribution in [0.3, 0.4) is 0 Å². The molecular formula is C37H41F3N4O4S. The van der Waals surface area contributed by atoms with E-state index in [1.54, 1.807) is 40.7 Å². The molecule has 2 heterocycles. The topological polar surface area (TPSA) is 112 Å². The lowest BCUT2D eigenvalue weighted by molar-refractivity contribution is -0.119. The van der Waals surface area contributed by atoms with Crippen LogP contribution in [-0.4, -0.2) is 57.0 Å². The van der Waals surface area contributed by atoms with Crippen molar-refractivity contribution in [2.24, 2.45) is 11.8 Å². The highest BCUT2D eigenvalue weighted by Gasteiger charge is 2.38. The van der Waals surface area contributed by atoms with E-state index < -0.39 is 45.2 Å². The number of carbonyl (C=O) groups excluding carboxylic acids is 1. The minimum atomic E-state index is -3.77. The summed E-state index contributed by atoms with van der Waals surface area (Å²) in [6.45, 7) is 3.69. The third-order valence-electron chi connectivity index (χ3n) is 9.44. The van der Waals surface area contributed by atoms with Crippen molar-refractivity contribution in [3.8, 4) is 6.07 Å². The summed E-state index contributed by atoms with van der Waals surface area (Å²) in [4.78, 5) is 14.3. The van der Waals surface area contributed by atoms with Crippen LogP contribution >= 0.6 is 0 Å². The zero-order valence-corrected chi connectivity index (χ0v) is 28.1. The van der Waals surface area contributed by atoms with Gasteiger partial charge in [0.2, 0.25) is 15.9 Å². The standard InChI is InChI=1S/C37H41F3N4O4S/c1-25-23-42-24-28(44(25)49(46,47)29-9-3-2-4-10-29)8-5-11-30-32(38)13-6-14-35(30)43-37(45)31(12-7-19-41)36(26-17-20-48-21-18-26)27-15-16-33(39)34(40)22-27/h2-4,6-7,9-10,12-16,22,25-26,28,31,36,42H,5,8,11,17-18,20-21,23-24H2,1H3,(H,43,45)/b12-7+. The van der Waals surface area contributed by atoms with E-state index in [1.165, 1.54) is 30.4 Å². The molecule has 5 rings (SSSR count). The molecule has 0 saturated carbocycles. The first-order chi connectivity index (χ1) is 23.6. The second kappa shape index (κ2) is 16.6. The molecule has 4 atom stereocenters. The molecular weight excluding hydrogens is 653 g/mol. The highest BCUT2D eigenvalue weighted by atomic mass is 32.2. The number of ether oxygens (including phenoxy) is 1. The second-order valence-electron chi connectivity index (χ2n) is 12.6. The van der Waals surface area contributed by atoms with Gasteiger partial charge in [-0.2, -0.15) is 9.57 Å². The molecule has 0 aliphatic carbocycles. The number of nitrogens with one attached hydrogen (secondary N) is 2. The number of allylic oxidation sites excluding steroid dienone is 1. The molecule has 8 nitrogen and oxygen atoms in total. The summed E-state index contributed by atoms with van der Waals surface area (Å²) >= 11 is 0. The third kappa shape index (κ3) is 8.59. The van der Waals surface area contributed by atoms with Crippen LogP contribution in [0.1, 0.15) is 49.7 Å². The molecule has 49 heavy (non-hydrogen) atoms. The van der Waals surface area contributed by atoms with Gasteiger partial charge in [0.25, 0.3) is 0 Å². The summed E-state index contributed by atoms with van der Waals surface area (Å²) in [7, 11) is -3.77. The number of nitriles is 1. The van der Waals surface area contributed by atoms with Gasteiger partial charge in [0, 0.05) is 61.6 Å². The smallest absolute Gasteiger partial charge is 0.243 e. The Hall–Kier alpha value is -4.02. The molecule has 2 aliphatic heterocycles. The molecule has 0 spiro atoms. The minimum absolute atomic E-state index is 0.133. The number of hydrogen-bond donors (Lipinski definition) is 2. The first-order valence-corrected chi connectivity index (χ1v) is 18.0. The number of anilines is 1. The lowest BCUT2D eigenvalue weighted by Crippen LogP contribution is -2.58. The SMILES string of the molecule is CC1CNCC(CCCc2c(F)cccc2NC(=O)C(/C=C/C#N)C(c2ccc(F)c(F)c2)C2CCOCC2)N1S(=O)(=O)c1ccccc1. The van der Waals surface area contributed by atoms with Crippen LogP contribution in [0.5, 0.6) is 0 Å². The van der Waals surface area contributed by atoms with Gasteiger partial charge in [-0.25, -0.2) is 21.6 Å². The predicted molar refractivity (Wildman–Crippen MR) is 180 cm³/mol. The van der Waals surface area contributed by atoms with E-state index in [-0.39, 0.29) is 40.6 Å². The largest absolute Gasteiger partial charge is 0.381 e. The van der Waals surface area contributed by atoms with Gasteiger partial charge in [0.1, 0.15) is 5.82 Å². The maximum atomic E-state index is 15.4. The van der Waals surface area contributed by atoms with Gasteiger partial charge in [-0.05, 0) is 86.9 Å². The number of benzene rings is 3. The average Bonchev–Trinajstić information content (AvgIpc) is 3.10. The highest BCUT2D eigenvalue weighted by Crippen LogP contribution is 2.40. The van der Waals surface area contributed by atoms with E-state index in [0.29, 0.717) is 57.6 Å². The fourth-order valence-electron chi connectivity index (χ4n) is 7.12. The van der Waals surface area contributed by atoms with E-state index in [4.69, 9.17) is 4.74 Å². The first kappa shape index (κ1) is 36.3. The quantitative estimate of drug-likeness (QED) is 0.215. The summed E-state index contributed by atoms with van der Waals surface area (Å²) < 4.78 is 78.1. The fourth-order valence-corrected chi connectivity index (χ4v) is 8.99. The van der Waals surface area contributed by atoms with Gasteiger partial charge in [-0.15, -0.1) is 0 Å². The Balaban J connectivity index is 1.37. The van der Waals surface area contributed by atoms with E-state index in [1.807, 2.05) is 13.0 Å². The maximum absolute atomic E-state index is 15.4. The average molecular weight is 695 g/mol. The van der Waals surface area contributed by atoms with Crippen molar-refractivity contribution in [1.82, 2.24) is 9.62 Å². The van der Waals surface area contributed by atoms with Crippen LogP contribution in [0.25, 0.3) is 0 Å². The van der Waals surface area contributed by atoms with E-state index >= 15 is 4.39 Å². The molecule has 0 radical (unpaired) electrons. The van der Waals surface area contributed by atoms with Crippen LogP contribution in [0.15, 0.2) is 83.8 Å². The Labute approximate surface area is 286 Å². The lowest BCUT2D eigenvalue weighted by atomic mass is 9.73. The number of nitrogens with zero attached hydrogens (tertiary/aromatic N) is 2. The number of rotatable bonds is 12. The molecule has 0 bridgehead atoms. The maximum Gasteiger partial charge on any atom is 0.243 e. The van der Waals surface area contributed by atoms with E-state index in [2.05, 4.69) is 10.6 Å². The summed E-state index contributed by atoms with van der Waals surface area (Å²) in [5.74, 6) is -4.80. The van der Waals surface area contributed by atoms with Gasteiger partial charge in [-0.1, -0.05) is 36.4 Å². The molecule has 2 aliphatic rings. The van der Waals surface area contributed by atoms with Crippen LogP contribution < -0.4 is 10.6 Å². The van der Waals surface area contributed by atoms with Crippen LogP contribution in [0.2, 0.25) is 0 Å². The third-order valence-corrected chi connectivity index (χ3v) is 11.5. The van der Waals surface area contributed by atoms with Gasteiger partial charge in [0.05, 0.1) is 16.9 Å². The number of piperazine rings is 1. The van der Waals surface area contributed by atoms with Crippen LogP contribution in [-0.2, 0) is 26.0 Å². The molecule has 2 N–H and O–H groups in total. The lowest BCUT2D eigenvalue weighted by Gasteiger charge is -2.40. The Kier molecular flexibility index (Phi) is 12.3. The zero-order chi connectivity index (χ0) is 35.0. The summed E-state index contributed by atoms with van der Waals surface area (Å²) in [6.07, 6.45) is 4.89. The molecule has 1 amide bonds. The number of halogens is 3. The van der Waals surface area contributed by atoms with E-state index in [9.17, 15) is 27.3 Å². The second-order valence-corrected chi connectivity index (χ2v) is 14.5. The van der Waals surface area contributed by atoms with Crippen molar-refractivity contribution in [3.05, 3.63) is 107 Å². The highest BCUT2D eigenvalue weighted by molar-refractivity contribution is 7.89. The predicted octanol–water partition coefficient (Wildman–Crippen LogP) is 6.32. The molecule has 260 valence electrons. The summed E-state index contributed by atoms with van der Waals surface area (Å²) in [5.41, 5.74) is 0.933. The Morgan fingerprint density at radius 1 is 1.04 bits per heavy atom. The van der Waals surface area contributed by atoms with Crippen molar-refractivity contribution in [1.29, 1.82) is 5.26 Å². The van der Waals surface area contributed by atoms with Gasteiger partial charge >= 0.3 is 0 Å². The summed E-state index contributed by atoms with van der Waals surface area (Å²) in [6, 6.07) is 17.5. The van der Waals surface area contributed by atoms with Crippen LogP contribution in [0.4, 0.5) is 18.9 Å². The molecule has 12 heteroatoms. The molecule has 3 aromatic carbocycles. The van der Waals surface area contributed by atoms with Gasteiger partial charge in [0.15, 0.2) is 11.6 Å². The number of sulfonamides is 1. The normalized spacial score (nSPS) is 20.5. The fraction of sp³-hybridized carbons (Fsp3) is 0.405. The van der Waals surface area contributed by atoms with Crippen molar-refractivity contribution in [2.45, 2.75) is 61.9 Å². The Bertz CT molecular complexity index is 1780.